The highest BCUT2D eigenvalue weighted by Gasteiger charge is 2.27. The van der Waals surface area contributed by atoms with E-state index in [9.17, 15) is 9.59 Å². The van der Waals surface area contributed by atoms with Gasteiger partial charge in [-0.2, -0.15) is 0 Å². The smallest absolute Gasteiger partial charge is 0.236 e. The number of carbonyl (C=O) groups is 2. The molecule has 3 fully saturated rings. The van der Waals surface area contributed by atoms with Crippen LogP contribution in [0.4, 0.5) is 0 Å². The van der Waals surface area contributed by atoms with Crippen molar-refractivity contribution in [1.82, 2.24) is 20.0 Å². The molecule has 0 aliphatic carbocycles. The summed E-state index contributed by atoms with van der Waals surface area (Å²) in [5, 5.41) is 3.38. The van der Waals surface area contributed by atoms with Gasteiger partial charge in [0.1, 0.15) is 0 Å². The summed E-state index contributed by atoms with van der Waals surface area (Å²) in [4.78, 5) is 30.7. The summed E-state index contributed by atoms with van der Waals surface area (Å²) in [5.41, 5.74) is 0. The first-order valence-corrected chi connectivity index (χ1v) is 8.73. The van der Waals surface area contributed by atoms with Gasteiger partial charge in [0.05, 0.1) is 6.54 Å². The third-order valence-corrected chi connectivity index (χ3v) is 5.13. The molecule has 1 N–H and O–H groups in total. The molecule has 24 heavy (non-hydrogen) atoms. The summed E-state index contributed by atoms with van der Waals surface area (Å²) < 4.78 is 0. The predicted octanol–water partition coefficient (Wildman–Crippen LogP) is 0.739. The Morgan fingerprint density at radius 1 is 0.833 bits per heavy atom. The molecule has 3 rings (SSSR count). The Labute approximate surface area is 157 Å². The zero-order valence-corrected chi connectivity index (χ0v) is 15.9. The molecule has 6 nitrogen and oxygen atoms in total. The van der Waals surface area contributed by atoms with Gasteiger partial charge in [0.15, 0.2) is 0 Å². The number of amides is 2. The fourth-order valence-electron chi connectivity index (χ4n) is 3.71. The highest BCUT2D eigenvalue weighted by Crippen LogP contribution is 2.13. The topological polar surface area (TPSA) is 55.9 Å². The Morgan fingerprint density at radius 2 is 1.42 bits per heavy atom. The number of rotatable bonds is 4. The second kappa shape index (κ2) is 10.4. The van der Waals surface area contributed by atoms with E-state index in [-0.39, 0.29) is 36.6 Å². The Morgan fingerprint density at radius 3 is 1.96 bits per heavy atom. The Hall–Kier alpha value is -0.560. The summed E-state index contributed by atoms with van der Waals surface area (Å²) in [6.07, 6.45) is 5.33. The molecular weight excluding hydrogens is 351 g/mol. The summed E-state index contributed by atoms with van der Waals surface area (Å²) in [6, 6.07) is 0.363. The van der Waals surface area contributed by atoms with Crippen LogP contribution in [0.5, 0.6) is 0 Å². The van der Waals surface area contributed by atoms with Crippen LogP contribution in [0, 0.1) is 0 Å². The van der Waals surface area contributed by atoms with Gasteiger partial charge in [-0.05, 0) is 45.3 Å². The average molecular weight is 381 g/mol. The molecule has 140 valence electrons. The van der Waals surface area contributed by atoms with E-state index in [0.29, 0.717) is 45.2 Å². The van der Waals surface area contributed by atoms with Crippen LogP contribution in [0.1, 0.15) is 32.1 Å². The highest BCUT2D eigenvalue weighted by molar-refractivity contribution is 5.85. The van der Waals surface area contributed by atoms with Crippen LogP contribution in [0.25, 0.3) is 0 Å². The third kappa shape index (κ3) is 5.76. The molecule has 0 aromatic rings. The fourth-order valence-corrected chi connectivity index (χ4v) is 3.71. The van der Waals surface area contributed by atoms with E-state index in [1.807, 2.05) is 9.80 Å². The zero-order chi connectivity index (χ0) is 15.4. The van der Waals surface area contributed by atoms with Gasteiger partial charge in [-0.3, -0.25) is 14.5 Å². The van der Waals surface area contributed by atoms with E-state index in [1.165, 1.54) is 19.3 Å². The number of nitrogens with one attached hydrogen (secondary N) is 1. The van der Waals surface area contributed by atoms with E-state index in [2.05, 4.69) is 10.2 Å². The van der Waals surface area contributed by atoms with Crippen LogP contribution < -0.4 is 5.32 Å². The van der Waals surface area contributed by atoms with E-state index < -0.39 is 0 Å². The van der Waals surface area contributed by atoms with Crippen LogP contribution >= 0.6 is 24.8 Å². The minimum atomic E-state index is 0. The molecule has 0 radical (unpaired) electrons. The maximum Gasteiger partial charge on any atom is 0.236 e. The number of likely N-dealkylation sites (tertiary alicyclic amines) is 1. The van der Waals surface area contributed by atoms with E-state index in [1.54, 1.807) is 0 Å². The van der Waals surface area contributed by atoms with Gasteiger partial charge in [-0.25, -0.2) is 0 Å². The molecule has 2 amide bonds. The maximum atomic E-state index is 12.3. The van der Waals surface area contributed by atoms with Crippen LogP contribution in [-0.4, -0.2) is 84.9 Å². The number of nitrogens with zero attached hydrogens (tertiary/aromatic N) is 3. The lowest BCUT2D eigenvalue weighted by Crippen LogP contribution is -2.53. The molecule has 3 aliphatic rings. The Bertz CT molecular complexity index is 367. The van der Waals surface area contributed by atoms with E-state index in [4.69, 9.17) is 0 Å². The fraction of sp³-hybridized carbons (Fsp3) is 0.875. The lowest BCUT2D eigenvalue weighted by Gasteiger charge is -2.36. The summed E-state index contributed by atoms with van der Waals surface area (Å²) in [6.45, 7) is 6.47. The second-order valence-corrected chi connectivity index (χ2v) is 6.74. The van der Waals surface area contributed by atoms with Crippen molar-refractivity contribution in [2.24, 2.45) is 0 Å². The first-order chi connectivity index (χ1) is 10.7. The molecule has 8 heteroatoms. The minimum Gasteiger partial charge on any atom is -0.339 e. The Balaban J connectivity index is 0.00000144. The van der Waals surface area contributed by atoms with Gasteiger partial charge in [0, 0.05) is 38.6 Å². The number of hydrogen-bond donors (Lipinski definition) is 1. The minimum absolute atomic E-state index is 0. The molecule has 1 atom stereocenters. The van der Waals surface area contributed by atoms with E-state index in [0.717, 1.165) is 26.1 Å². The largest absolute Gasteiger partial charge is 0.339 e. The number of carbonyl (C=O) groups excluding carboxylic acids is 2. The first-order valence-electron chi connectivity index (χ1n) is 8.73. The van der Waals surface area contributed by atoms with Crippen molar-refractivity contribution in [2.45, 2.75) is 38.1 Å². The number of halogens is 2. The molecule has 3 heterocycles. The van der Waals surface area contributed by atoms with Crippen molar-refractivity contribution >= 4 is 36.6 Å². The first kappa shape index (κ1) is 21.5. The van der Waals surface area contributed by atoms with Crippen LogP contribution in [0.2, 0.25) is 0 Å². The maximum absolute atomic E-state index is 12.3. The standard InChI is InChI=1S/C16H28N4O2.2ClH/c21-15(12-14-4-3-5-17-14)19-8-10-20(11-9-19)16(22)13-18-6-1-2-7-18;;/h14,17H,1-13H2;2*1H. The predicted molar refractivity (Wildman–Crippen MR) is 99.0 cm³/mol. The van der Waals surface area contributed by atoms with Crippen molar-refractivity contribution in [3.8, 4) is 0 Å². The van der Waals surface area contributed by atoms with Crippen LogP contribution in [0.3, 0.4) is 0 Å². The monoisotopic (exact) mass is 380 g/mol. The Kier molecular flexibility index (Phi) is 9.34. The van der Waals surface area contributed by atoms with Crippen LogP contribution in [0.15, 0.2) is 0 Å². The SMILES string of the molecule is Cl.Cl.O=C(CC1CCCN1)N1CCN(C(=O)CN2CCCC2)CC1. The van der Waals surface area contributed by atoms with Gasteiger partial charge in [-0.15, -0.1) is 24.8 Å². The van der Waals surface area contributed by atoms with E-state index >= 15 is 0 Å². The van der Waals surface area contributed by atoms with Crippen molar-refractivity contribution in [1.29, 1.82) is 0 Å². The van der Waals surface area contributed by atoms with Crippen molar-refractivity contribution in [2.75, 3.05) is 52.4 Å². The van der Waals surface area contributed by atoms with Crippen molar-refractivity contribution in [3.63, 3.8) is 0 Å². The van der Waals surface area contributed by atoms with Gasteiger partial charge >= 0.3 is 0 Å². The average Bonchev–Trinajstić information content (AvgIpc) is 3.21. The van der Waals surface area contributed by atoms with Gasteiger partial charge < -0.3 is 15.1 Å². The molecule has 0 aromatic heterocycles. The number of piperazine rings is 1. The quantitative estimate of drug-likeness (QED) is 0.781. The third-order valence-electron chi connectivity index (χ3n) is 5.13. The summed E-state index contributed by atoms with van der Waals surface area (Å²) in [5.74, 6) is 0.470. The highest BCUT2D eigenvalue weighted by atomic mass is 35.5. The lowest BCUT2D eigenvalue weighted by molar-refractivity contribution is -0.140. The lowest BCUT2D eigenvalue weighted by atomic mass is 10.1. The summed E-state index contributed by atoms with van der Waals surface area (Å²) >= 11 is 0. The van der Waals surface area contributed by atoms with Crippen molar-refractivity contribution < 1.29 is 9.59 Å². The molecule has 1 unspecified atom stereocenters. The molecular formula is C16H30Cl2N4O2. The van der Waals surface area contributed by atoms with Crippen molar-refractivity contribution in [3.05, 3.63) is 0 Å². The second-order valence-electron chi connectivity index (χ2n) is 6.74. The van der Waals surface area contributed by atoms with Gasteiger partial charge in [-0.1, -0.05) is 0 Å². The molecule has 0 bridgehead atoms. The van der Waals surface area contributed by atoms with Gasteiger partial charge in [0.2, 0.25) is 11.8 Å². The van der Waals surface area contributed by atoms with Gasteiger partial charge in [0.25, 0.3) is 0 Å². The molecule has 0 saturated carbocycles. The van der Waals surface area contributed by atoms with Crippen LogP contribution in [-0.2, 0) is 9.59 Å². The molecule has 0 aromatic carbocycles. The summed E-state index contributed by atoms with van der Waals surface area (Å²) in [7, 11) is 0. The molecule has 3 aliphatic heterocycles. The zero-order valence-electron chi connectivity index (χ0n) is 14.2. The molecule has 3 saturated heterocycles. The number of hydrogen-bond acceptors (Lipinski definition) is 4. The normalized spacial score (nSPS) is 24.4. The molecule has 0 spiro atoms.